The number of carbonyl (C=O) groups excluding carboxylic acids is 1. The molecule has 1 amide bonds. The van der Waals surface area contributed by atoms with E-state index < -0.39 is 0 Å². The number of benzene rings is 1. The number of phenols is 1. The van der Waals surface area contributed by atoms with Gasteiger partial charge in [-0.15, -0.1) is 11.3 Å². The van der Waals surface area contributed by atoms with Crippen LogP contribution in [0.15, 0.2) is 12.1 Å². The summed E-state index contributed by atoms with van der Waals surface area (Å²) in [5.74, 6) is 1.16. The molecule has 4 rings (SSSR count). The van der Waals surface area contributed by atoms with Crippen molar-refractivity contribution < 1.29 is 14.6 Å². The fraction of sp³-hybridized carbons (Fsp3) is 0.500. The third-order valence-corrected chi connectivity index (χ3v) is 8.67. The van der Waals surface area contributed by atoms with E-state index in [2.05, 4.69) is 54.0 Å². The van der Waals surface area contributed by atoms with Gasteiger partial charge in [0.1, 0.15) is 11.2 Å². The lowest BCUT2D eigenvalue weighted by molar-refractivity contribution is 0.0934. The molecule has 1 aliphatic carbocycles. The van der Waals surface area contributed by atoms with Crippen LogP contribution in [0.3, 0.4) is 0 Å². The van der Waals surface area contributed by atoms with E-state index in [0.717, 1.165) is 35.4 Å². The first-order valence-electron chi connectivity index (χ1n) is 10.0. The van der Waals surface area contributed by atoms with Crippen molar-refractivity contribution in [2.24, 2.45) is 11.3 Å². The van der Waals surface area contributed by atoms with Gasteiger partial charge in [-0.25, -0.2) is 0 Å². The molecule has 0 radical (unpaired) electrons. The number of nitrogens with one attached hydrogen (secondary N) is 2. The molecule has 2 aromatic rings. The molecule has 0 saturated heterocycles. The highest BCUT2D eigenvalue weighted by Gasteiger charge is 2.37. The molecular formula is C22H27IN2O3S. The Hall–Kier alpha value is -1.48. The van der Waals surface area contributed by atoms with Crippen LogP contribution in [-0.4, -0.2) is 18.1 Å². The summed E-state index contributed by atoms with van der Waals surface area (Å²) in [6.45, 7) is 6.98. The molecule has 0 spiro atoms. The van der Waals surface area contributed by atoms with Crippen LogP contribution in [0, 0.1) is 14.9 Å². The van der Waals surface area contributed by atoms with Gasteiger partial charge in [0.25, 0.3) is 5.91 Å². The van der Waals surface area contributed by atoms with E-state index in [0.29, 0.717) is 20.7 Å². The summed E-state index contributed by atoms with van der Waals surface area (Å²) in [4.78, 5) is 14.4. The van der Waals surface area contributed by atoms with Crippen molar-refractivity contribution >= 4 is 44.8 Å². The first-order chi connectivity index (χ1) is 13.7. The Morgan fingerprint density at radius 3 is 2.79 bits per heavy atom. The van der Waals surface area contributed by atoms with Crippen molar-refractivity contribution in [3.8, 4) is 11.5 Å². The Morgan fingerprint density at radius 2 is 2.10 bits per heavy atom. The number of halogens is 1. The number of fused-ring (bicyclic) bond motifs is 3. The average molecular weight is 526 g/mol. The molecule has 0 bridgehead atoms. The average Bonchev–Trinajstić information content (AvgIpc) is 3.07. The van der Waals surface area contributed by atoms with Crippen molar-refractivity contribution in [1.29, 1.82) is 0 Å². The number of thiophene rings is 1. The lowest BCUT2D eigenvalue weighted by Gasteiger charge is -2.36. The van der Waals surface area contributed by atoms with Crippen LogP contribution in [0.1, 0.15) is 66.1 Å². The van der Waals surface area contributed by atoms with Crippen molar-refractivity contribution in [2.75, 3.05) is 12.4 Å². The number of hydrogen-bond donors (Lipinski definition) is 3. The van der Waals surface area contributed by atoms with Crippen LogP contribution in [0.4, 0.5) is 5.00 Å². The number of rotatable bonds is 4. The SMILES string of the molecule is CCC(C)(C)[C@@H]1CCc2c(sc3c2C(=O)N[C@H](c2cc(I)c(O)c(OC)c2)N3)C1. The molecule has 1 aliphatic heterocycles. The monoisotopic (exact) mass is 526 g/mol. The third-order valence-electron chi connectivity index (χ3n) is 6.66. The molecule has 2 atom stereocenters. The van der Waals surface area contributed by atoms with Crippen LogP contribution in [0.5, 0.6) is 11.5 Å². The minimum atomic E-state index is -0.346. The normalized spacial score (nSPS) is 21.1. The number of methoxy groups -OCH3 is 1. The lowest BCUT2D eigenvalue weighted by Crippen LogP contribution is -2.38. The Bertz CT molecular complexity index is 969. The van der Waals surface area contributed by atoms with Gasteiger partial charge in [0.15, 0.2) is 11.5 Å². The van der Waals surface area contributed by atoms with Gasteiger partial charge in [0.05, 0.1) is 16.2 Å². The van der Waals surface area contributed by atoms with Crippen molar-refractivity contribution in [2.45, 2.75) is 52.6 Å². The number of ether oxygens (including phenoxy) is 1. The number of aromatic hydroxyl groups is 1. The summed E-state index contributed by atoms with van der Waals surface area (Å²) in [7, 11) is 1.53. The highest BCUT2D eigenvalue weighted by Crippen LogP contribution is 2.47. The maximum atomic E-state index is 13.0. The molecule has 1 aromatic heterocycles. The van der Waals surface area contributed by atoms with E-state index >= 15 is 0 Å². The number of phenolic OH excluding ortho intramolecular Hbond substituents is 1. The van der Waals surface area contributed by atoms with E-state index in [-0.39, 0.29) is 17.8 Å². The summed E-state index contributed by atoms with van der Waals surface area (Å²) in [5, 5.41) is 17.7. The smallest absolute Gasteiger partial charge is 0.256 e. The zero-order valence-corrected chi connectivity index (χ0v) is 20.2. The molecular weight excluding hydrogens is 499 g/mol. The topological polar surface area (TPSA) is 70.6 Å². The largest absolute Gasteiger partial charge is 0.504 e. The minimum Gasteiger partial charge on any atom is -0.504 e. The number of amides is 1. The predicted molar refractivity (Wildman–Crippen MR) is 125 cm³/mol. The molecule has 2 aliphatic rings. The molecule has 0 saturated carbocycles. The molecule has 29 heavy (non-hydrogen) atoms. The van der Waals surface area contributed by atoms with Gasteiger partial charge >= 0.3 is 0 Å². The van der Waals surface area contributed by atoms with Crippen molar-refractivity contribution in [1.82, 2.24) is 5.32 Å². The van der Waals surface area contributed by atoms with E-state index in [1.807, 2.05) is 6.07 Å². The van der Waals surface area contributed by atoms with Crippen LogP contribution in [0.25, 0.3) is 0 Å². The molecule has 2 heterocycles. The Kier molecular flexibility index (Phi) is 5.48. The van der Waals surface area contributed by atoms with Gasteiger partial charge in [-0.3, -0.25) is 4.79 Å². The fourth-order valence-corrected chi connectivity index (χ4v) is 6.32. The maximum Gasteiger partial charge on any atom is 0.256 e. The van der Waals surface area contributed by atoms with Crippen LogP contribution < -0.4 is 15.4 Å². The van der Waals surface area contributed by atoms with Crippen LogP contribution in [0.2, 0.25) is 0 Å². The highest BCUT2D eigenvalue weighted by molar-refractivity contribution is 14.1. The Balaban J connectivity index is 1.65. The van der Waals surface area contributed by atoms with E-state index in [1.165, 1.54) is 24.0 Å². The second kappa shape index (κ2) is 7.65. The highest BCUT2D eigenvalue weighted by atomic mass is 127. The molecule has 3 N–H and O–H groups in total. The summed E-state index contributed by atoms with van der Waals surface area (Å²) >= 11 is 3.81. The van der Waals surface area contributed by atoms with Gasteiger partial charge in [-0.2, -0.15) is 0 Å². The van der Waals surface area contributed by atoms with Gasteiger partial charge in [-0.1, -0.05) is 27.2 Å². The lowest BCUT2D eigenvalue weighted by atomic mass is 9.69. The third kappa shape index (κ3) is 3.60. The van der Waals surface area contributed by atoms with Gasteiger partial charge in [0.2, 0.25) is 0 Å². The Labute approximate surface area is 189 Å². The van der Waals surface area contributed by atoms with Crippen LogP contribution >= 0.6 is 33.9 Å². The van der Waals surface area contributed by atoms with E-state index in [9.17, 15) is 9.90 Å². The van der Waals surface area contributed by atoms with Crippen LogP contribution in [-0.2, 0) is 12.8 Å². The molecule has 5 nitrogen and oxygen atoms in total. The zero-order chi connectivity index (χ0) is 20.9. The quantitative estimate of drug-likeness (QED) is 0.463. The van der Waals surface area contributed by atoms with Gasteiger partial charge in [-0.05, 0) is 76.4 Å². The first kappa shape index (κ1) is 20.8. The number of hydrogen-bond acceptors (Lipinski definition) is 5. The molecule has 1 aromatic carbocycles. The van der Waals surface area contributed by atoms with E-state index in [4.69, 9.17) is 4.74 Å². The van der Waals surface area contributed by atoms with Crippen molar-refractivity contribution in [3.63, 3.8) is 0 Å². The molecule has 156 valence electrons. The predicted octanol–water partition coefficient (Wildman–Crippen LogP) is 5.46. The summed E-state index contributed by atoms with van der Waals surface area (Å²) in [5.41, 5.74) is 3.24. The number of anilines is 1. The minimum absolute atomic E-state index is 0.0171. The summed E-state index contributed by atoms with van der Waals surface area (Å²) < 4.78 is 5.97. The fourth-order valence-electron chi connectivity index (χ4n) is 4.34. The summed E-state index contributed by atoms with van der Waals surface area (Å²) in [6, 6.07) is 3.64. The number of carbonyl (C=O) groups is 1. The molecule has 0 unspecified atom stereocenters. The van der Waals surface area contributed by atoms with Gasteiger partial charge < -0.3 is 20.5 Å². The molecule has 7 heteroatoms. The second-order valence-electron chi connectivity index (χ2n) is 8.59. The molecule has 0 fully saturated rings. The maximum absolute atomic E-state index is 13.0. The first-order valence-corrected chi connectivity index (χ1v) is 11.9. The van der Waals surface area contributed by atoms with Crippen molar-refractivity contribution in [3.05, 3.63) is 37.3 Å². The Morgan fingerprint density at radius 1 is 1.34 bits per heavy atom. The summed E-state index contributed by atoms with van der Waals surface area (Å²) in [6.07, 6.45) is 3.99. The zero-order valence-electron chi connectivity index (χ0n) is 17.2. The van der Waals surface area contributed by atoms with E-state index in [1.54, 1.807) is 17.4 Å². The van der Waals surface area contributed by atoms with Gasteiger partial charge in [0, 0.05) is 4.88 Å². The standard InChI is InChI=1S/C22H27IN2O3S/c1-5-22(2,3)12-6-7-13-16(10-12)29-21-17(13)20(27)24-19(25-21)11-8-14(23)18(26)15(9-11)28-4/h8-9,12,19,25-26H,5-7,10H2,1-4H3,(H,24,27)/t12-,19+/m1/s1. The second-order valence-corrected chi connectivity index (χ2v) is 10.9.